The van der Waals surface area contributed by atoms with Crippen LogP contribution >= 0.6 is 24.0 Å². The fourth-order valence-corrected chi connectivity index (χ4v) is 3.83. The molecule has 3 atom stereocenters. The molecule has 0 aromatic carbocycles. The molecule has 1 aliphatic carbocycles. The van der Waals surface area contributed by atoms with Gasteiger partial charge in [0.1, 0.15) is 6.54 Å². The van der Waals surface area contributed by atoms with E-state index in [4.69, 9.17) is 4.74 Å². The van der Waals surface area contributed by atoms with Crippen molar-refractivity contribution in [2.24, 2.45) is 4.99 Å². The van der Waals surface area contributed by atoms with Crippen LogP contribution in [0.1, 0.15) is 51.4 Å². The van der Waals surface area contributed by atoms with Gasteiger partial charge >= 0.3 is 0 Å². The third-order valence-electron chi connectivity index (χ3n) is 5.25. The van der Waals surface area contributed by atoms with Crippen LogP contribution in [-0.4, -0.2) is 61.7 Å². The van der Waals surface area contributed by atoms with E-state index >= 15 is 0 Å². The third-order valence-corrected chi connectivity index (χ3v) is 5.25. The molecule has 3 aliphatic rings. The first-order chi connectivity index (χ1) is 11.1. The second-order valence-electron chi connectivity index (χ2n) is 7.29. The lowest BCUT2D eigenvalue weighted by atomic mass is 9.95. The van der Waals surface area contributed by atoms with Crippen LogP contribution in [-0.2, 0) is 9.53 Å². The summed E-state index contributed by atoms with van der Waals surface area (Å²) in [5.41, 5.74) is 0. The SMILES string of the molecule is CN(C)C(=O)CN=C(NC1CCCCC1)NC1CC2CCC1O2.I. The lowest BCUT2D eigenvalue weighted by Crippen LogP contribution is -2.51. The molecule has 2 heterocycles. The summed E-state index contributed by atoms with van der Waals surface area (Å²) < 4.78 is 5.92. The summed E-state index contributed by atoms with van der Waals surface area (Å²) in [6.07, 6.45) is 10.4. The number of ether oxygens (including phenoxy) is 1. The molecule has 0 spiro atoms. The second-order valence-corrected chi connectivity index (χ2v) is 7.29. The number of hydrogen-bond donors (Lipinski definition) is 2. The molecular formula is C17H31IN4O2. The maximum Gasteiger partial charge on any atom is 0.243 e. The molecule has 7 heteroatoms. The van der Waals surface area contributed by atoms with E-state index in [0.29, 0.717) is 24.3 Å². The number of likely N-dealkylation sites (N-methyl/N-ethyl adjacent to an activating group) is 1. The average molecular weight is 450 g/mol. The highest BCUT2D eigenvalue weighted by atomic mass is 127. The van der Waals surface area contributed by atoms with Gasteiger partial charge in [-0.2, -0.15) is 0 Å². The molecule has 6 nitrogen and oxygen atoms in total. The normalized spacial score (nSPS) is 29.9. The summed E-state index contributed by atoms with van der Waals surface area (Å²) in [4.78, 5) is 18.0. The van der Waals surface area contributed by atoms with E-state index in [1.165, 1.54) is 38.5 Å². The number of carbonyl (C=O) groups is 1. The van der Waals surface area contributed by atoms with Crippen molar-refractivity contribution in [3.63, 3.8) is 0 Å². The van der Waals surface area contributed by atoms with Gasteiger partial charge in [-0.25, -0.2) is 4.99 Å². The van der Waals surface area contributed by atoms with Gasteiger partial charge in [0.05, 0.1) is 18.2 Å². The Bertz CT molecular complexity index is 452. The summed E-state index contributed by atoms with van der Waals surface area (Å²) in [5.74, 6) is 0.812. The monoisotopic (exact) mass is 450 g/mol. The Kier molecular flexibility index (Phi) is 7.59. The van der Waals surface area contributed by atoms with Crippen LogP contribution in [0.2, 0.25) is 0 Å². The number of hydrogen-bond acceptors (Lipinski definition) is 3. The van der Waals surface area contributed by atoms with Gasteiger partial charge < -0.3 is 20.3 Å². The molecule has 2 bridgehead atoms. The van der Waals surface area contributed by atoms with E-state index in [0.717, 1.165) is 18.8 Å². The van der Waals surface area contributed by atoms with E-state index in [9.17, 15) is 4.79 Å². The van der Waals surface area contributed by atoms with Crippen LogP contribution in [0.3, 0.4) is 0 Å². The van der Waals surface area contributed by atoms with Crippen LogP contribution < -0.4 is 10.6 Å². The Morgan fingerprint density at radius 1 is 1.12 bits per heavy atom. The highest BCUT2D eigenvalue weighted by Crippen LogP contribution is 2.34. The zero-order valence-corrected chi connectivity index (χ0v) is 17.1. The number of halogens is 1. The zero-order valence-electron chi connectivity index (χ0n) is 14.8. The molecule has 3 unspecified atom stereocenters. The smallest absolute Gasteiger partial charge is 0.243 e. The number of guanidine groups is 1. The summed E-state index contributed by atoms with van der Waals surface area (Å²) in [5, 5.41) is 7.08. The first kappa shape index (κ1) is 19.8. The minimum atomic E-state index is 0. The number of amides is 1. The standard InChI is InChI=1S/C17H30N4O2.HI/c1-21(2)16(22)11-18-17(19-12-6-4-3-5-7-12)20-14-10-13-8-9-15(14)23-13;/h12-15H,3-11H2,1-2H3,(H2,18,19,20);1H. The van der Waals surface area contributed by atoms with Gasteiger partial charge in [-0.1, -0.05) is 19.3 Å². The van der Waals surface area contributed by atoms with Gasteiger partial charge in [0, 0.05) is 20.1 Å². The van der Waals surface area contributed by atoms with Crippen molar-refractivity contribution in [1.82, 2.24) is 15.5 Å². The fraction of sp³-hybridized carbons (Fsp3) is 0.882. The maximum absolute atomic E-state index is 11.8. The number of aliphatic imine (C=N–C) groups is 1. The number of fused-ring (bicyclic) bond motifs is 2. The molecule has 3 fully saturated rings. The highest BCUT2D eigenvalue weighted by Gasteiger charge is 2.41. The first-order valence-electron chi connectivity index (χ1n) is 9.05. The Morgan fingerprint density at radius 2 is 1.88 bits per heavy atom. The molecule has 138 valence electrons. The lowest BCUT2D eigenvalue weighted by molar-refractivity contribution is -0.127. The van der Waals surface area contributed by atoms with Crippen molar-refractivity contribution in [1.29, 1.82) is 0 Å². The topological polar surface area (TPSA) is 66.0 Å². The molecule has 0 aromatic heterocycles. The first-order valence-corrected chi connectivity index (χ1v) is 9.05. The summed E-state index contributed by atoms with van der Waals surface area (Å²) in [6.45, 7) is 0.191. The van der Waals surface area contributed by atoms with Gasteiger partial charge in [0.15, 0.2) is 5.96 Å². The van der Waals surface area contributed by atoms with Crippen molar-refractivity contribution in [2.75, 3.05) is 20.6 Å². The molecule has 0 radical (unpaired) electrons. The Hall–Kier alpha value is -0.570. The van der Waals surface area contributed by atoms with Crippen LogP contribution in [0.5, 0.6) is 0 Å². The van der Waals surface area contributed by atoms with Gasteiger partial charge in [-0.05, 0) is 32.1 Å². The molecule has 3 rings (SSSR count). The average Bonchev–Trinajstić information content (AvgIpc) is 3.16. The predicted octanol–water partition coefficient (Wildman–Crippen LogP) is 1.88. The zero-order chi connectivity index (χ0) is 16.2. The van der Waals surface area contributed by atoms with Crippen LogP contribution in [0.4, 0.5) is 0 Å². The van der Waals surface area contributed by atoms with E-state index in [1.807, 2.05) is 0 Å². The maximum atomic E-state index is 11.8. The fourth-order valence-electron chi connectivity index (χ4n) is 3.83. The minimum Gasteiger partial charge on any atom is -0.373 e. The van der Waals surface area contributed by atoms with Gasteiger partial charge in [-0.3, -0.25) is 4.79 Å². The van der Waals surface area contributed by atoms with E-state index in [-0.39, 0.29) is 36.4 Å². The number of carbonyl (C=O) groups excluding carboxylic acids is 1. The molecule has 24 heavy (non-hydrogen) atoms. The van der Waals surface area contributed by atoms with Crippen LogP contribution in [0.25, 0.3) is 0 Å². The van der Waals surface area contributed by atoms with Gasteiger partial charge in [0.2, 0.25) is 5.91 Å². The summed E-state index contributed by atoms with van der Waals surface area (Å²) in [6, 6.07) is 0.807. The Balaban J connectivity index is 0.00000208. The molecule has 2 saturated heterocycles. The highest BCUT2D eigenvalue weighted by molar-refractivity contribution is 14.0. The van der Waals surface area contributed by atoms with Crippen molar-refractivity contribution in [2.45, 2.75) is 75.7 Å². The molecule has 1 amide bonds. The quantitative estimate of drug-likeness (QED) is 0.390. The Morgan fingerprint density at radius 3 is 2.46 bits per heavy atom. The molecular weight excluding hydrogens is 419 g/mol. The molecule has 2 aliphatic heterocycles. The van der Waals surface area contributed by atoms with Crippen LogP contribution in [0, 0.1) is 0 Å². The second kappa shape index (κ2) is 9.22. The van der Waals surface area contributed by atoms with Crippen LogP contribution in [0.15, 0.2) is 4.99 Å². The van der Waals surface area contributed by atoms with Crippen molar-refractivity contribution < 1.29 is 9.53 Å². The minimum absolute atomic E-state index is 0. The molecule has 2 N–H and O–H groups in total. The van der Waals surface area contributed by atoms with E-state index in [2.05, 4.69) is 15.6 Å². The lowest BCUT2D eigenvalue weighted by Gasteiger charge is -2.28. The third kappa shape index (κ3) is 5.21. The molecule has 0 aromatic rings. The van der Waals surface area contributed by atoms with E-state index < -0.39 is 0 Å². The van der Waals surface area contributed by atoms with Crippen molar-refractivity contribution in [3.8, 4) is 0 Å². The number of rotatable bonds is 4. The summed E-state index contributed by atoms with van der Waals surface area (Å²) >= 11 is 0. The summed E-state index contributed by atoms with van der Waals surface area (Å²) in [7, 11) is 3.53. The van der Waals surface area contributed by atoms with E-state index in [1.54, 1.807) is 19.0 Å². The largest absolute Gasteiger partial charge is 0.373 e. The van der Waals surface area contributed by atoms with Crippen molar-refractivity contribution >= 4 is 35.8 Å². The van der Waals surface area contributed by atoms with Gasteiger partial charge in [-0.15, -0.1) is 24.0 Å². The Labute approximate surface area is 162 Å². The number of nitrogens with zero attached hydrogens (tertiary/aromatic N) is 2. The molecule has 1 saturated carbocycles. The van der Waals surface area contributed by atoms with Crippen molar-refractivity contribution in [3.05, 3.63) is 0 Å². The predicted molar refractivity (Wildman–Crippen MR) is 106 cm³/mol. The number of nitrogens with one attached hydrogen (secondary N) is 2. The van der Waals surface area contributed by atoms with Gasteiger partial charge in [0.25, 0.3) is 0 Å².